The van der Waals surface area contributed by atoms with Gasteiger partial charge in [-0.25, -0.2) is 0 Å². The summed E-state index contributed by atoms with van der Waals surface area (Å²) in [4.78, 5) is 40.1. The van der Waals surface area contributed by atoms with E-state index in [9.17, 15) is 14.4 Å². The highest BCUT2D eigenvalue weighted by Crippen LogP contribution is 2.45. The Morgan fingerprint density at radius 2 is 1.40 bits per heavy atom. The van der Waals surface area contributed by atoms with E-state index in [1.165, 1.54) is 4.90 Å². The number of hydrogen-bond acceptors (Lipinski definition) is 3. The molecule has 1 atom stereocenters. The van der Waals surface area contributed by atoms with Gasteiger partial charge in [-0.3, -0.25) is 19.3 Å². The van der Waals surface area contributed by atoms with E-state index >= 15 is 0 Å². The summed E-state index contributed by atoms with van der Waals surface area (Å²) in [6.07, 6.45) is 0.267. The zero-order valence-electron chi connectivity index (χ0n) is 15.9. The quantitative estimate of drug-likeness (QED) is 0.646. The van der Waals surface area contributed by atoms with E-state index < -0.39 is 5.41 Å². The molecule has 0 aromatic heterocycles. The third-order valence-corrected chi connectivity index (χ3v) is 6.20. The monoisotopic (exact) mass is 416 g/mol. The summed E-state index contributed by atoms with van der Waals surface area (Å²) in [5.74, 6) is -0.829. The van der Waals surface area contributed by atoms with E-state index in [0.29, 0.717) is 16.1 Å². The molecule has 3 aromatic carbocycles. The van der Waals surface area contributed by atoms with Gasteiger partial charge < -0.3 is 5.32 Å². The Bertz CT molecular complexity index is 1170. The van der Waals surface area contributed by atoms with Crippen LogP contribution in [0.2, 0.25) is 5.02 Å². The first-order valence-electron chi connectivity index (χ1n) is 9.64. The van der Waals surface area contributed by atoms with Crippen LogP contribution >= 0.6 is 11.6 Å². The number of fused-ring (bicyclic) bond motifs is 2. The molecule has 6 heteroatoms. The standard InChI is InChI=1S/C24H17ClN2O3/c25-16-11-9-15(10-12-16)24(19-7-3-4-8-20(19)26-23(24)30)13-14-27-21(28)17-5-1-2-6-18(17)22(27)29/h1-12H,13-14H2,(H,26,30). The molecule has 2 heterocycles. The molecule has 148 valence electrons. The van der Waals surface area contributed by atoms with Crippen molar-refractivity contribution in [3.8, 4) is 0 Å². The van der Waals surface area contributed by atoms with Crippen LogP contribution in [0.5, 0.6) is 0 Å². The van der Waals surface area contributed by atoms with Crippen molar-refractivity contribution in [2.45, 2.75) is 11.8 Å². The minimum absolute atomic E-state index is 0.122. The number of anilines is 1. The van der Waals surface area contributed by atoms with Crippen LogP contribution in [0.3, 0.4) is 0 Å². The van der Waals surface area contributed by atoms with Crippen LogP contribution in [-0.4, -0.2) is 29.2 Å². The number of rotatable bonds is 4. The average molecular weight is 417 g/mol. The molecule has 0 bridgehead atoms. The first-order valence-corrected chi connectivity index (χ1v) is 10.0. The third kappa shape index (κ3) is 2.59. The van der Waals surface area contributed by atoms with Crippen molar-refractivity contribution in [1.29, 1.82) is 0 Å². The summed E-state index contributed by atoms with van der Waals surface area (Å²) in [5.41, 5.74) is 2.12. The van der Waals surface area contributed by atoms with Gasteiger partial charge >= 0.3 is 0 Å². The molecule has 2 aliphatic heterocycles. The smallest absolute Gasteiger partial charge is 0.261 e. The van der Waals surface area contributed by atoms with Gasteiger partial charge in [-0.05, 0) is 47.9 Å². The fourth-order valence-corrected chi connectivity index (χ4v) is 4.58. The molecule has 3 amide bonds. The highest BCUT2D eigenvalue weighted by molar-refractivity contribution is 6.30. The van der Waals surface area contributed by atoms with Gasteiger partial charge in [0.25, 0.3) is 11.8 Å². The Morgan fingerprint density at radius 1 is 0.800 bits per heavy atom. The van der Waals surface area contributed by atoms with E-state index in [-0.39, 0.29) is 30.7 Å². The summed E-state index contributed by atoms with van der Waals surface area (Å²) < 4.78 is 0. The zero-order valence-corrected chi connectivity index (χ0v) is 16.6. The lowest BCUT2D eigenvalue weighted by Gasteiger charge is -2.30. The number of hydrogen-bond donors (Lipinski definition) is 1. The van der Waals surface area contributed by atoms with Crippen LogP contribution in [0.25, 0.3) is 0 Å². The van der Waals surface area contributed by atoms with E-state index in [1.807, 2.05) is 36.4 Å². The number of para-hydroxylation sites is 1. The maximum Gasteiger partial charge on any atom is 0.261 e. The van der Waals surface area contributed by atoms with Crippen LogP contribution in [0.15, 0.2) is 72.8 Å². The molecule has 1 N–H and O–H groups in total. The van der Waals surface area contributed by atoms with E-state index in [1.54, 1.807) is 36.4 Å². The predicted molar refractivity (Wildman–Crippen MR) is 114 cm³/mol. The number of imide groups is 1. The molecule has 5 rings (SSSR count). The summed E-state index contributed by atoms with van der Waals surface area (Å²) in [6, 6.07) is 21.4. The Morgan fingerprint density at radius 3 is 2.07 bits per heavy atom. The van der Waals surface area contributed by atoms with Gasteiger partial charge in [-0.2, -0.15) is 0 Å². The number of nitrogens with one attached hydrogen (secondary N) is 1. The molecule has 3 aromatic rings. The van der Waals surface area contributed by atoms with Gasteiger partial charge in [0.2, 0.25) is 5.91 Å². The van der Waals surface area contributed by atoms with Crippen molar-refractivity contribution in [1.82, 2.24) is 4.90 Å². The lowest BCUT2D eigenvalue weighted by atomic mass is 9.73. The third-order valence-electron chi connectivity index (χ3n) is 5.95. The Hall–Kier alpha value is -3.44. The maximum atomic E-state index is 13.3. The SMILES string of the molecule is O=C1c2ccccc2C(=O)N1CCC1(c2ccc(Cl)cc2)C(=O)Nc2ccccc21. The zero-order chi connectivity index (χ0) is 20.9. The van der Waals surface area contributed by atoms with Gasteiger partial charge in [0.15, 0.2) is 0 Å². The van der Waals surface area contributed by atoms with Crippen LogP contribution in [0.1, 0.15) is 38.3 Å². The normalized spacial score (nSPS) is 19.6. The highest BCUT2D eigenvalue weighted by Gasteiger charge is 2.49. The van der Waals surface area contributed by atoms with Crippen molar-refractivity contribution >= 4 is 35.0 Å². The molecular weight excluding hydrogens is 400 g/mol. The van der Waals surface area contributed by atoms with Gasteiger partial charge in [-0.15, -0.1) is 0 Å². The lowest BCUT2D eigenvalue weighted by Crippen LogP contribution is -2.41. The molecule has 0 aliphatic carbocycles. The molecule has 0 spiro atoms. The number of benzene rings is 3. The number of nitrogens with zero attached hydrogens (tertiary/aromatic N) is 1. The van der Waals surface area contributed by atoms with Gasteiger partial charge in [0, 0.05) is 17.3 Å². The largest absolute Gasteiger partial charge is 0.325 e. The number of halogens is 1. The first kappa shape index (κ1) is 18.6. The second-order valence-electron chi connectivity index (χ2n) is 7.47. The molecule has 0 saturated heterocycles. The molecule has 1 unspecified atom stereocenters. The van der Waals surface area contributed by atoms with Crippen LogP contribution < -0.4 is 5.32 Å². The van der Waals surface area contributed by atoms with Gasteiger partial charge in [-0.1, -0.05) is 54.1 Å². The summed E-state index contributed by atoms with van der Waals surface area (Å²) in [6.45, 7) is 0.122. The van der Waals surface area contributed by atoms with Crippen molar-refractivity contribution in [2.24, 2.45) is 0 Å². The summed E-state index contributed by atoms with van der Waals surface area (Å²) >= 11 is 6.07. The molecule has 0 saturated carbocycles. The second kappa shape index (κ2) is 6.82. The van der Waals surface area contributed by atoms with E-state index in [0.717, 1.165) is 16.8 Å². The summed E-state index contributed by atoms with van der Waals surface area (Å²) in [7, 11) is 0. The summed E-state index contributed by atoms with van der Waals surface area (Å²) in [5, 5.41) is 3.53. The number of amides is 3. The number of carbonyl (C=O) groups excluding carboxylic acids is 3. The van der Waals surface area contributed by atoms with Crippen LogP contribution in [0.4, 0.5) is 5.69 Å². The van der Waals surface area contributed by atoms with Crippen molar-refractivity contribution in [3.05, 3.63) is 100 Å². The molecule has 2 aliphatic rings. The molecule has 0 radical (unpaired) electrons. The minimum Gasteiger partial charge on any atom is -0.325 e. The van der Waals surface area contributed by atoms with Gasteiger partial charge in [0.1, 0.15) is 5.41 Å². The molecular formula is C24H17ClN2O3. The van der Waals surface area contributed by atoms with Crippen LogP contribution in [-0.2, 0) is 10.2 Å². The minimum atomic E-state index is -1.02. The van der Waals surface area contributed by atoms with Crippen LogP contribution in [0, 0.1) is 0 Å². The lowest BCUT2D eigenvalue weighted by molar-refractivity contribution is -0.119. The van der Waals surface area contributed by atoms with E-state index in [2.05, 4.69) is 5.32 Å². The van der Waals surface area contributed by atoms with E-state index in [4.69, 9.17) is 11.6 Å². The fourth-order valence-electron chi connectivity index (χ4n) is 4.45. The molecule has 0 fully saturated rings. The second-order valence-corrected chi connectivity index (χ2v) is 7.91. The molecule has 30 heavy (non-hydrogen) atoms. The Kier molecular flexibility index (Phi) is 4.22. The predicted octanol–water partition coefficient (Wildman–Crippen LogP) is 4.26. The maximum absolute atomic E-state index is 13.3. The Labute approximate surface area is 178 Å². The van der Waals surface area contributed by atoms with Crippen molar-refractivity contribution < 1.29 is 14.4 Å². The number of carbonyl (C=O) groups is 3. The molecule has 5 nitrogen and oxygen atoms in total. The Balaban J connectivity index is 1.55. The van der Waals surface area contributed by atoms with Crippen molar-refractivity contribution in [3.63, 3.8) is 0 Å². The first-order chi connectivity index (χ1) is 14.5. The van der Waals surface area contributed by atoms with Gasteiger partial charge in [0.05, 0.1) is 11.1 Å². The topological polar surface area (TPSA) is 66.5 Å². The average Bonchev–Trinajstić information content (AvgIpc) is 3.19. The fraction of sp³-hybridized carbons (Fsp3) is 0.125. The highest BCUT2D eigenvalue weighted by atomic mass is 35.5. The van der Waals surface area contributed by atoms with Crippen molar-refractivity contribution in [2.75, 3.05) is 11.9 Å².